The van der Waals surface area contributed by atoms with Crippen molar-refractivity contribution in [3.05, 3.63) is 5.82 Å². The lowest BCUT2D eigenvalue weighted by atomic mass is 10.2. The summed E-state index contributed by atoms with van der Waals surface area (Å²) in [6.45, 7) is 6.21. The van der Waals surface area contributed by atoms with E-state index >= 15 is 0 Å². The highest BCUT2D eigenvalue weighted by atomic mass is 15.5. The number of nitrogens with one attached hydrogen (secondary N) is 1. The molecule has 0 aliphatic carbocycles. The van der Waals surface area contributed by atoms with E-state index in [1.165, 1.54) is 19.3 Å². The van der Waals surface area contributed by atoms with Crippen molar-refractivity contribution in [1.82, 2.24) is 30.4 Å². The largest absolute Gasteiger partial charge is 0.318 e. The lowest BCUT2D eigenvalue weighted by Crippen LogP contribution is -2.37. The molecule has 0 bridgehead atoms. The Morgan fingerprint density at radius 2 is 2.33 bits per heavy atom. The van der Waals surface area contributed by atoms with Crippen LogP contribution in [0.4, 0.5) is 0 Å². The molecule has 1 aromatic rings. The molecule has 1 aromatic heterocycles. The Morgan fingerprint density at radius 3 is 3.11 bits per heavy atom. The summed E-state index contributed by atoms with van der Waals surface area (Å²) in [4.78, 5) is 2.49. The van der Waals surface area contributed by atoms with Gasteiger partial charge >= 0.3 is 0 Å². The minimum atomic E-state index is 0.631. The van der Waals surface area contributed by atoms with Gasteiger partial charge in [0.1, 0.15) is 0 Å². The maximum atomic E-state index is 4.17. The third-order valence-corrected chi connectivity index (χ3v) is 3.61. The Morgan fingerprint density at radius 1 is 1.44 bits per heavy atom. The van der Waals surface area contributed by atoms with Gasteiger partial charge in [0.15, 0.2) is 5.82 Å². The fourth-order valence-corrected chi connectivity index (χ4v) is 2.57. The number of hydrogen-bond donors (Lipinski definition) is 1. The summed E-state index contributed by atoms with van der Waals surface area (Å²) >= 11 is 0. The van der Waals surface area contributed by atoms with Crippen LogP contribution in [-0.4, -0.2) is 51.3 Å². The molecule has 2 rings (SSSR count). The van der Waals surface area contributed by atoms with Crippen LogP contribution < -0.4 is 5.32 Å². The van der Waals surface area contributed by atoms with Gasteiger partial charge in [0.25, 0.3) is 0 Å². The molecule has 1 fully saturated rings. The molecular formula is C12H24N6. The molecule has 6 nitrogen and oxygen atoms in total. The van der Waals surface area contributed by atoms with Gasteiger partial charge < -0.3 is 5.32 Å². The van der Waals surface area contributed by atoms with E-state index < -0.39 is 0 Å². The molecule has 1 unspecified atom stereocenters. The third-order valence-electron chi connectivity index (χ3n) is 3.61. The van der Waals surface area contributed by atoms with E-state index in [1.54, 1.807) is 0 Å². The first-order valence-electron chi connectivity index (χ1n) is 6.98. The highest BCUT2D eigenvalue weighted by Crippen LogP contribution is 2.18. The summed E-state index contributed by atoms with van der Waals surface area (Å²) in [6, 6.07) is 0.631. The van der Waals surface area contributed by atoms with E-state index in [4.69, 9.17) is 0 Å². The molecule has 0 radical (unpaired) electrons. The maximum absolute atomic E-state index is 4.17. The number of likely N-dealkylation sites (N-methyl/N-ethyl adjacent to an activating group) is 1. The Labute approximate surface area is 109 Å². The molecule has 0 aromatic carbocycles. The van der Waals surface area contributed by atoms with Crippen LogP contribution in [0, 0.1) is 0 Å². The van der Waals surface area contributed by atoms with Crippen LogP contribution in [0.5, 0.6) is 0 Å². The zero-order valence-electron chi connectivity index (χ0n) is 11.5. The van der Waals surface area contributed by atoms with Crippen molar-refractivity contribution in [3.63, 3.8) is 0 Å². The molecule has 1 atom stereocenters. The van der Waals surface area contributed by atoms with Gasteiger partial charge in [-0.05, 0) is 43.3 Å². The van der Waals surface area contributed by atoms with E-state index in [0.717, 1.165) is 38.4 Å². The SMILES string of the molecule is CCCCn1nnnc1CN1CCCC1CNC. The van der Waals surface area contributed by atoms with Gasteiger partial charge in [0.05, 0.1) is 6.54 Å². The molecule has 18 heavy (non-hydrogen) atoms. The lowest BCUT2D eigenvalue weighted by molar-refractivity contribution is 0.231. The fraction of sp³-hybridized carbons (Fsp3) is 0.917. The van der Waals surface area contributed by atoms with E-state index in [9.17, 15) is 0 Å². The molecule has 1 aliphatic rings. The van der Waals surface area contributed by atoms with Gasteiger partial charge in [-0.1, -0.05) is 13.3 Å². The van der Waals surface area contributed by atoms with E-state index in [-0.39, 0.29) is 0 Å². The Balaban J connectivity index is 1.93. The minimum Gasteiger partial charge on any atom is -0.318 e. The van der Waals surface area contributed by atoms with Crippen molar-refractivity contribution in [2.24, 2.45) is 0 Å². The second-order valence-corrected chi connectivity index (χ2v) is 5.00. The predicted octanol–water partition coefficient (Wildman–Crippen LogP) is 0.657. The van der Waals surface area contributed by atoms with Crippen molar-refractivity contribution in [3.8, 4) is 0 Å². The summed E-state index contributed by atoms with van der Waals surface area (Å²) in [5.41, 5.74) is 0. The standard InChI is InChI=1S/C12H24N6/c1-3-4-8-18-12(14-15-16-18)10-17-7-5-6-11(17)9-13-2/h11,13H,3-10H2,1-2H3. The molecule has 2 heterocycles. The lowest BCUT2D eigenvalue weighted by Gasteiger charge is -2.23. The van der Waals surface area contributed by atoms with Gasteiger partial charge in [0.2, 0.25) is 0 Å². The molecule has 0 saturated carbocycles. The number of nitrogens with zero attached hydrogens (tertiary/aromatic N) is 5. The molecule has 1 aliphatic heterocycles. The summed E-state index contributed by atoms with van der Waals surface area (Å²) in [7, 11) is 2.02. The van der Waals surface area contributed by atoms with Crippen LogP contribution in [0.15, 0.2) is 0 Å². The van der Waals surface area contributed by atoms with Crippen molar-refractivity contribution in [2.75, 3.05) is 20.1 Å². The monoisotopic (exact) mass is 252 g/mol. The highest BCUT2D eigenvalue weighted by Gasteiger charge is 2.25. The van der Waals surface area contributed by atoms with Crippen LogP contribution in [0.3, 0.4) is 0 Å². The predicted molar refractivity (Wildman–Crippen MR) is 70.1 cm³/mol. The Hall–Kier alpha value is -1.01. The van der Waals surface area contributed by atoms with E-state index in [0.29, 0.717) is 6.04 Å². The normalized spacial score (nSPS) is 20.7. The van der Waals surface area contributed by atoms with Gasteiger partial charge in [0, 0.05) is 19.1 Å². The van der Waals surface area contributed by atoms with E-state index in [1.807, 2.05) is 11.7 Å². The van der Waals surface area contributed by atoms with Gasteiger partial charge in [-0.3, -0.25) is 4.90 Å². The van der Waals surface area contributed by atoms with Crippen molar-refractivity contribution < 1.29 is 0 Å². The van der Waals surface area contributed by atoms with Crippen LogP contribution in [-0.2, 0) is 13.1 Å². The number of aryl methyl sites for hydroxylation is 1. The second kappa shape index (κ2) is 6.80. The summed E-state index contributed by atoms with van der Waals surface area (Å²) in [5.74, 6) is 1.01. The second-order valence-electron chi connectivity index (χ2n) is 5.00. The Kier molecular flexibility index (Phi) is 5.07. The Bertz CT molecular complexity index is 350. The molecule has 0 amide bonds. The van der Waals surface area contributed by atoms with Crippen molar-refractivity contribution >= 4 is 0 Å². The number of hydrogen-bond acceptors (Lipinski definition) is 5. The van der Waals surface area contributed by atoms with Crippen molar-refractivity contribution in [1.29, 1.82) is 0 Å². The van der Waals surface area contributed by atoms with Crippen LogP contribution in [0.25, 0.3) is 0 Å². The summed E-state index contributed by atoms with van der Waals surface area (Å²) in [5, 5.41) is 15.3. The highest BCUT2D eigenvalue weighted by molar-refractivity contribution is 4.87. The number of rotatable bonds is 7. The molecule has 6 heteroatoms. The van der Waals surface area contributed by atoms with Gasteiger partial charge in [-0.2, -0.15) is 0 Å². The van der Waals surface area contributed by atoms with Crippen LogP contribution >= 0.6 is 0 Å². The van der Waals surface area contributed by atoms with Gasteiger partial charge in [-0.25, -0.2) is 4.68 Å². The van der Waals surface area contributed by atoms with E-state index in [2.05, 4.69) is 32.7 Å². The summed E-state index contributed by atoms with van der Waals surface area (Å²) < 4.78 is 1.96. The summed E-state index contributed by atoms with van der Waals surface area (Å²) in [6.07, 6.45) is 4.86. The maximum Gasteiger partial charge on any atom is 0.165 e. The number of tetrazole rings is 1. The fourth-order valence-electron chi connectivity index (χ4n) is 2.57. The van der Waals surface area contributed by atoms with Crippen LogP contribution in [0.2, 0.25) is 0 Å². The number of likely N-dealkylation sites (tertiary alicyclic amines) is 1. The molecular weight excluding hydrogens is 228 g/mol. The first kappa shape index (κ1) is 13.4. The molecule has 1 saturated heterocycles. The number of aromatic nitrogens is 4. The zero-order chi connectivity index (χ0) is 12.8. The smallest absolute Gasteiger partial charge is 0.165 e. The molecule has 1 N–H and O–H groups in total. The molecule has 0 spiro atoms. The quantitative estimate of drug-likeness (QED) is 0.772. The van der Waals surface area contributed by atoms with Crippen molar-refractivity contribution in [2.45, 2.75) is 51.7 Å². The first-order valence-corrected chi connectivity index (χ1v) is 6.98. The zero-order valence-corrected chi connectivity index (χ0v) is 11.5. The average molecular weight is 252 g/mol. The topological polar surface area (TPSA) is 58.9 Å². The average Bonchev–Trinajstić information content (AvgIpc) is 2.98. The third kappa shape index (κ3) is 3.26. The van der Waals surface area contributed by atoms with Gasteiger partial charge in [-0.15, -0.1) is 5.10 Å². The first-order chi connectivity index (χ1) is 8.85. The minimum absolute atomic E-state index is 0.631. The van der Waals surface area contributed by atoms with Crippen LogP contribution in [0.1, 0.15) is 38.4 Å². The molecule has 102 valence electrons. The number of unbranched alkanes of at least 4 members (excludes halogenated alkanes) is 1.